The van der Waals surface area contributed by atoms with Gasteiger partial charge in [-0.25, -0.2) is 19.7 Å². The third kappa shape index (κ3) is 4.22. The molecule has 0 aliphatic heterocycles. The third-order valence-electron chi connectivity index (χ3n) is 3.43. The van der Waals surface area contributed by atoms with Crippen LogP contribution in [0.3, 0.4) is 0 Å². The first-order valence-corrected chi connectivity index (χ1v) is 8.07. The Hall–Kier alpha value is -3.01. The molecule has 2 N–H and O–H groups in total. The number of fused-ring (bicyclic) bond motifs is 1. The molecule has 0 aliphatic rings. The number of aromatic nitrogens is 4. The number of hydrogen-bond acceptors (Lipinski definition) is 5. The molecular formula is C16H12ClF3N6O. The van der Waals surface area contributed by atoms with Gasteiger partial charge in [-0.05, 0) is 25.1 Å². The zero-order valence-electron chi connectivity index (χ0n) is 13.8. The van der Waals surface area contributed by atoms with Crippen molar-refractivity contribution < 1.29 is 18.0 Å². The lowest BCUT2D eigenvalue weighted by atomic mass is 10.1. The molecule has 3 rings (SSSR count). The highest BCUT2D eigenvalue weighted by atomic mass is 35.5. The molecular weight excluding hydrogens is 385 g/mol. The topological polar surface area (TPSA) is 92.7 Å². The zero-order chi connectivity index (χ0) is 19.6. The second-order valence-electron chi connectivity index (χ2n) is 5.34. The summed E-state index contributed by atoms with van der Waals surface area (Å²) in [4.78, 5) is 27.7. The van der Waals surface area contributed by atoms with Gasteiger partial charge in [-0.15, -0.1) is 0 Å². The van der Waals surface area contributed by atoms with Crippen molar-refractivity contribution in [2.75, 3.05) is 11.9 Å². The smallest absolute Gasteiger partial charge is 0.338 e. The van der Waals surface area contributed by atoms with Gasteiger partial charge in [-0.2, -0.15) is 13.2 Å². The van der Waals surface area contributed by atoms with E-state index >= 15 is 0 Å². The number of carbonyl (C=O) groups is 1. The summed E-state index contributed by atoms with van der Waals surface area (Å²) in [5.41, 5.74) is -0.267. The van der Waals surface area contributed by atoms with E-state index in [2.05, 4.69) is 30.6 Å². The predicted molar refractivity (Wildman–Crippen MR) is 93.3 cm³/mol. The van der Waals surface area contributed by atoms with Crippen LogP contribution in [0.4, 0.5) is 23.8 Å². The molecule has 3 heterocycles. The third-order valence-corrected chi connectivity index (χ3v) is 3.73. The van der Waals surface area contributed by atoms with Gasteiger partial charge in [0.1, 0.15) is 16.5 Å². The largest absolute Gasteiger partial charge is 0.419 e. The van der Waals surface area contributed by atoms with Crippen LogP contribution in [0, 0.1) is 0 Å². The first kappa shape index (κ1) is 18.8. The maximum absolute atomic E-state index is 13.0. The van der Waals surface area contributed by atoms with Crippen molar-refractivity contribution >= 4 is 34.6 Å². The van der Waals surface area contributed by atoms with Crippen LogP contribution in [0.25, 0.3) is 22.4 Å². The van der Waals surface area contributed by atoms with Crippen molar-refractivity contribution in [3.63, 3.8) is 0 Å². The van der Waals surface area contributed by atoms with Crippen LogP contribution in [0.2, 0.25) is 5.15 Å². The van der Waals surface area contributed by atoms with Gasteiger partial charge in [0.25, 0.3) is 0 Å². The summed E-state index contributed by atoms with van der Waals surface area (Å²) in [5, 5.41) is 4.43. The summed E-state index contributed by atoms with van der Waals surface area (Å²) in [6.45, 7) is 2.20. The number of rotatable bonds is 3. The standard InChI is InChI=1S/C16H12ClF3N6O/c1-2-21-15(27)26-12-4-3-10-14(25-12)24-11(7-22-10)8-5-9(16(18,19)20)13(17)23-6-8/h3-7H,2H2,1H3,(H2,21,24,25,26,27). The summed E-state index contributed by atoms with van der Waals surface area (Å²) >= 11 is 5.53. The molecule has 0 unspecified atom stereocenters. The van der Waals surface area contributed by atoms with E-state index in [4.69, 9.17) is 11.6 Å². The van der Waals surface area contributed by atoms with Crippen molar-refractivity contribution in [1.82, 2.24) is 25.3 Å². The average molecular weight is 397 g/mol. The molecule has 2 amide bonds. The number of nitrogens with one attached hydrogen (secondary N) is 2. The number of anilines is 1. The number of carbonyl (C=O) groups excluding carboxylic acids is 1. The monoisotopic (exact) mass is 396 g/mol. The molecule has 0 spiro atoms. The molecule has 3 aromatic heterocycles. The Balaban J connectivity index is 1.99. The second kappa shape index (κ2) is 7.31. The molecule has 0 bridgehead atoms. The quantitative estimate of drug-likeness (QED) is 0.655. The minimum Gasteiger partial charge on any atom is -0.338 e. The Labute approximate surface area is 156 Å². The molecule has 0 saturated heterocycles. The Morgan fingerprint density at radius 1 is 1.19 bits per heavy atom. The van der Waals surface area contributed by atoms with Crippen LogP contribution in [0.5, 0.6) is 0 Å². The van der Waals surface area contributed by atoms with Crippen molar-refractivity contribution in [1.29, 1.82) is 0 Å². The van der Waals surface area contributed by atoms with Crippen molar-refractivity contribution in [2.45, 2.75) is 13.1 Å². The van der Waals surface area contributed by atoms with E-state index in [0.717, 1.165) is 6.07 Å². The van der Waals surface area contributed by atoms with Gasteiger partial charge in [0.2, 0.25) is 0 Å². The summed E-state index contributed by atoms with van der Waals surface area (Å²) in [7, 11) is 0. The zero-order valence-corrected chi connectivity index (χ0v) is 14.6. The summed E-state index contributed by atoms with van der Waals surface area (Å²) in [6, 6.07) is 3.53. The maximum atomic E-state index is 13.0. The van der Waals surface area contributed by atoms with Gasteiger partial charge in [-0.3, -0.25) is 10.3 Å². The van der Waals surface area contributed by atoms with E-state index in [0.29, 0.717) is 12.1 Å². The number of hydrogen-bond donors (Lipinski definition) is 2. The van der Waals surface area contributed by atoms with Crippen LogP contribution >= 0.6 is 11.6 Å². The molecule has 0 aromatic carbocycles. The van der Waals surface area contributed by atoms with E-state index in [1.807, 2.05) is 0 Å². The molecule has 0 aliphatic carbocycles. The van der Waals surface area contributed by atoms with Gasteiger partial charge in [-0.1, -0.05) is 11.6 Å². The lowest BCUT2D eigenvalue weighted by molar-refractivity contribution is -0.137. The SMILES string of the molecule is CCNC(=O)Nc1ccc2ncc(-c3cnc(Cl)c(C(F)(F)F)c3)nc2n1. The average Bonchev–Trinajstić information content (AvgIpc) is 2.60. The minimum absolute atomic E-state index is 0.0880. The molecule has 7 nitrogen and oxygen atoms in total. The fourth-order valence-corrected chi connectivity index (χ4v) is 2.42. The van der Waals surface area contributed by atoms with Gasteiger partial charge < -0.3 is 5.32 Å². The van der Waals surface area contributed by atoms with Crippen LogP contribution in [0.1, 0.15) is 12.5 Å². The Bertz CT molecular complexity index is 1010. The lowest BCUT2D eigenvalue weighted by Crippen LogP contribution is -2.28. The van der Waals surface area contributed by atoms with Crippen molar-refractivity contribution in [3.8, 4) is 11.3 Å². The van der Waals surface area contributed by atoms with E-state index in [1.165, 1.54) is 18.5 Å². The van der Waals surface area contributed by atoms with Gasteiger partial charge in [0, 0.05) is 18.3 Å². The Kier molecular flexibility index (Phi) is 5.08. The number of nitrogens with zero attached hydrogens (tertiary/aromatic N) is 4. The molecule has 0 radical (unpaired) electrons. The van der Waals surface area contributed by atoms with Gasteiger partial charge >= 0.3 is 12.2 Å². The number of halogens is 4. The van der Waals surface area contributed by atoms with Gasteiger partial charge in [0.15, 0.2) is 5.65 Å². The maximum Gasteiger partial charge on any atom is 0.419 e. The minimum atomic E-state index is -4.65. The number of urea groups is 1. The van der Waals surface area contributed by atoms with E-state index in [9.17, 15) is 18.0 Å². The first-order chi connectivity index (χ1) is 12.8. The van der Waals surface area contributed by atoms with Crippen molar-refractivity contribution in [3.05, 3.63) is 41.3 Å². The van der Waals surface area contributed by atoms with E-state index in [1.54, 1.807) is 13.0 Å². The molecule has 3 aromatic rings. The molecule has 140 valence electrons. The highest BCUT2D eigenvalue weighted by Gasteiger charge is 2.34. The van der Waals surface area contributed by atoms with E-state index in [-0.39, 0.29) is 22.7 Å². The van der Waals surface area contributed by atoms with Crippen molar-refractivity contribution in [2.24, 2.45) is 0 Å². The summed E-state index contributed by atoms with van der Waals surface area (Å²) in [5.74, 6) is 0.227. The highest BCUT2D eigenvalue weighted by molar-refractivity contribution is 6.30. The summed E-state index contributed by atoms with van der Waals surface area (Å²) in [6.07, 6.45) is -2.16. The molecule has 0 fully saturated rings. The number of alkyl halides is 3. The lowest BCUT2D eigenvalue weighted by Gasteiger charge is -2.10. The fraction of sp³-hybridized carbons (Fsp3) is 0.188. The number of amides is 2. The second-order valence-corrected chi connectivity index (χ2v) is 5.70. The Morgan fingerprint density at radius 2 is 1.96 bits per heavy atom. The molecule has 11 heteroatoms. The Morgan fingerprint density at radius 3 is 2.67 bits per heavy atom. The summed E-state index contributed by atoms with van der Waals surface area (Å²) < 4.78 is 39.0. The van der Waals surface area contributed by atoms with Crippen LogP contribution in [0.15, 0.2) is 30.6 Å². The molecule has 0 atom stereocenters. The van der Waals surface area contributed by atoms with Crippen LogP contribution in [-0.2, 0) is 6.18 Å². The molecule has 0 saturated carbocycles. The van der Waals surface area contributed by atoms with Crippen LogP contribution < -0.4 is 10.6 Å². The normalized spacial score (nSPS) is 11.4. The molecule has 27 heavy (non-hydrogen) atoms. The highest BCUT2D eigenvalue weighted by Crippen LogP contribution is 2.35. The fourth-order valence-electron chi connectivity index (χ4n) is 2.21. The van der Waals surface area contributed by atoms with E-state index < -0.39 is 22.9 Å². The predicted octanol–water partition coefficient (Wildman–Crippen LogP) is 3.90. The number of pyridine rings is 2. The van der Waals surface area contributed by atoms with Crippen LogP contribution in [-0.4, -0.2) is 32.5 Å². The first-order valence-electron chi connectivity index (χ1n) is 7.69. The van der Waals surface area contributed by atoms with Gasteiger partial charge in [0.05, 0.1) is 17.5 Å².